The van der Waals surface area contributed by atoms with Gasteiger partial charge in [-0.15, -0.1) is 0 Å². The van der Waals surface area contributed by atoms with Crippen molar-refractivity contribution in [2.45, 2.75) is 13.0 Å². The maximum Gasteiger partial charge on any atom is 0.255 e. The molecule has 0 bridgehead atoms. The minimum absolute atomic E-state index is 0.0497. The number of amides is 2. The Morgan fingerprint density at radius 2 is 1.50 bits per heavy atom. The molecule has 28 heavy (non-hydrogen) atoms. The second-order valence-electron chi connectivity index (χ2n) is 6.30. The molecule has 3 rings (SSSR count). The molecule has 3 aromatic carbocycles. The highest BCUT2D eigenvalue weighted by Crippen LogP contribution is 2.16. The summed E-state index contributed by atoms with van der Waals surface area (Å²) in [6.07, 6.45) is 0.315. The summed E-state index contributed by atoms with van der Waals surface area (Å²) < 4.78 is 5.73. The Morgan fingerprint density at radius 1 is 0.821 bits per heavy atom. The molecule has 0 aliphatic rings. The van der Waals surface area contributed by atoms with E-state index in [1.807, 2.05) is 42.5 Å². The highest BCUT2D eigenvalue weighted by molar-refractivity contribution is 6.04. The normalized spacial score (nSPS) is 10.2. The van der Waals surface area contributed by atoms with E-state index in [4.69, 9.17) is 4.74 Å². The largest absolute Gasteiger partial charge is 0.489 e. The average molecular weight is 374 g/mol. The van der Waals surface area contributed by atoms with Crippen LogP contribution in [0.2, 0.25) is 0 Å². The second kappa shape index (κ2) is 9.37. The van der Waals surface area contributed by atoms with Gasteiger partial charge in [-0.05, 0) is 47.5 Å². The summed E-state index contributed by atoms with van der Waals surface area (Å²) >= 11 is 0. The summed E-state index contributed by atoms with van der Waals surface area (Å²) in [4.78, 5) is 23.8. The van der Waals surface area contributed by atoms with Crippen molar-refractivity contribution in [2.24, 2.45) is 0 Å². The topological polar surface area (TPSA) is 67.4 Å². The van der Waals surface area contributed by atoms with Gasteiger partial charge in [-0.3, -0.25) is 9.59 Å². The Bertz CT molecular complexity index is 920. The standard InChI is InChI=1S/C23H22N2O3/c1-24-22(26)15-17-7-11-20(12-8-17)25-23(27)19-9-13-21(14-10-19)28-16-18-5-3-2-4-6-18/h2-14H,15-16H2,1H3,(H,24,26)(H,25,27). The Balaban J connectivity index is 1.55. The summed E-state index contributed by atoms with van der Waals surface area (Å²) in [7, 11) is 1.61. The van der Waals surface area contributed by atoms with Crippen LogP contribution in [-0.2, 0) is 17.8 Å². The number of carbonyl (C=O) groups excluding carboxylic acids is 2. The molecule has 0 fully saturated rings. The van der Waals surface area contributed by atoms with Crippen LogP contribution >= 0.6 is 0 Å². The molecule has 2 amide bonds. The predicted molar refractivity (Wildman–Crippen MR) is 109 cm³/mol. The molecule has 0 heterocycles. The lowest BCUT2D eigenvalue weighted by atomic mass is 10.1. The van der Waals surface area contributed by atoms with Gasteiger partial charge >= 0.3 is 0 Å². The molecular formula is C23H22N2O3. The van der Waals surface area contributed by atoms with Crippen LogP contribution in [0.15, 0.2) is 78.9 Å². The third-order valence-corrected chi connectivity index (χ3v) is 4.22. The van der Waals surface area contributed by atoms with E-state index in [-0.39, 0.29) is 11.8 Å². The number of hydrogen-bond donors (Lipinski definition) is 2. The molecule has 5 nitrogen and oxygen atoms in total. The Labute approximate surface area is 164 Å². The minimum Gasteiger partial charge on any atom is -0.489 e. The van der Waals surface area contributed by atoms with E-state index in [1.165, 1.54) is 0 Å². The summed E-state index contributed by atoms with van der Waals surface area (Å²) in [6, 6.07) is 24.2. The van der Waals surface area contributed by atoms with Gasteiger partial charge < -0.3 is 15.4 Å². The van der Waals surface area contributed by atoms with Crippen LogP contribution < -0.4 is 15.4 Å². The molecule has 3 aromatic rings. The van der Waals surface area contributed by atoms with E-state index in [9.17, 15) is 9.59 Å². The van der Waals surface area contributed by atoms with Crippen molar-refractivity contribution in [3.63, 3.8) is 0 Å². The SMILES string of the molecule is CNC(=O)Cc1ccc(NC(=O)c2ccc(OCc3ccccc3)cc2)cc1. The van der Waals surface area contributed by atoms with Crippen LogP contribution in [0.1, 0.15) is 21.5 Å². The first-order chi connectivity index (χ1) is 13.6. The molecule has 0 aliphatic carbocycles. The molecule has 0 saturated heterocycles. The first-order valence-electron chi connectivity index (χ1n) is 9.02. The molecular weight excluding hydrogens is 352 g/mol. The van der Waals surface area contributed by atoms with Crippen LogP contribution in [0.25, 0.3) is 0 Å². The summed E-state index contributed by atoms with van der Waals surface area (Å²) in [6.45, 7) is 0.481. The lowest BCUT2D eigenvalue weighted by Crippen LogP contribution is -2.19. The van der Waals surface area contributed by atoms with Crippen LogP contribution in [0.5, 0.6) is 5.75 Å². The van der Waals surface area contributed by atoms with Gasteiger partial charge in [0, 0.05) is 18.3 Å². The molecule has 142 valence electrons. The lowest BCUT2D eigenvalue weighted by Gasteiger charge is -2.09. The van der Waals surface area contributed by atoms with Crippen LogP contribution in [0, 0.1) is 0 Å². The quantitative estimate of drug-likeness (QED) is 0.661. The van der Waals surface area contributed by atoms with Crippen molar-refractivity contribution < 1.29 is 14.3 Å². The van der Waals surface area contributed by atoms with Crippen molar-refractivity contribution >= 4 is 17.5 Å². The van der Waals surface area contributed by atoms with E-state index in [0.717, 1.165) is 11.1 Å². The molecule has 0 saturated carbocycles. The van der Waals surface area contributed by atoms with Crippen molar-refractivity contribution in [2.75, 3.05) is 12.4 Å². The Hall–Kier alpha value is -3.60. The van der Waals surface area contributed by atoms with Gasteiger partial charge in [-0.2, -0.15) is 0 Å². The van der Waals surface area contributed by atoms with Crippen molar-refractivity contribution in [1.82, 2.24) is 5.32 Å². The number of ether oxygens (including phenoxy) is 1. The van der Waals surface area contributed by atoms with E-state index < -0.39 is 0 Å². The van der Waals surface area contributed by atoms with Crippen LogP contribution in [0.4, 0.5) is 5.69 Å². The zero-order valence-electron chi connectivity index (χ0n) is 15.6. The lowest BCUT2D eigenvalue weighted by molar-refractivity contribution is -0.119. The van der Waals surface area contributed by atoms with Gasteiger partial charge in [0.1, 0.15) is 12.4 Å². The van der Waals surface area contributed by atoms with Crippen molar-refractivity contribution in [1.29, 1.82) is 0 Å². The molecule has 0 spiro atoms. The third-order valence-electron chi connectivity index (χ3n) is 4.22. The molecule has 0 atom stereocenters. The zero-order chi connectivity index (χ0) is 19.8. The summed E-state index contributed by atoms with van der Waals surface area (Å²) in [5.74, 6) is 0.457. The fraction of sp³-hybridized carbons (Fsp3) is 0.130. The van der Waals surface area contributed by atoms with Gasteiger partial charge in [0.2, 0.25) is 5.91 Å². The molecule has 0 unspecified atom stereocenters. The van der Waals surface area contributed by atoms with Crippen LogP contribution in [-0.4, -0.2) is 18.9 Å². The molecule has 0 radical (unpaired) electrons. The van der Waals surface area contributed by atoms with E-state index >= 15 is 0 Å². The van der Waals surface area contributed by atoms with E-state index in [2.05, 4.69) is 10.6 Å². The highest BCUT2D eigenvalue weighted by atomic mass is 16.5. The van der Waals surface area contributed by atoms with Crippen LogP contribution in [0.3, 0.4) is 0 Å². The van der Waals surface area contributed by atoms with Gasteiger partial charge in [0.15, 0.2) is 0 Å². The maximum absolute atomic E-state index is 12.4. The number of rotatable bonds is 7. The van der Waals surface area contributed by atoms with E-state index in [0.29, 0.717) is 30.0 Å². The first-order valence-corrected chi connectivity index (χ1v) is 9.02. The zero-order valence-corrected chi connectivity index (χ0v) is 15.6. The number of anilines is 1. The minimum atomic E-state index is -0.200. The fourth-order valence-electron chi connectivity index (χ4n) is 2.63. The highest BCUT2D eigenvalue weighted by Gasteiger charge is 2.07. The van der Waals surface area contributed by atoms with Gasteiger partial charge in [0.25, 0.3) is 5.91 Å². The maximum atomic E-state index is 12.4. The number of nitrogens with one attached hydrogen (secondary N) is 2. The van der Waals surface area contributed by atoms with Crippen molar-refractivity contribution in [3.05, 3.63) is 95.6 Å². The van der Waals surface area contributed by atoms with E-state index in [1.54, 1.807) is 43.4 Å². The van der Waals surface area contributed by atoms with Crippen molar-refractivity contribution in [3.8, 4) is 5.75 Å². The summed E-state index contributed by atoms with van der Waals surface area (Å²) in [5, 5.41) is 5.44. The summed E-state index contributed by atoms with van der Waals surface area (Å²) in [5.41, 5.74) is 3.19. The Kier molecular flexibility index (Phi) is 6.41. The monoisotopic (exact) mass is 374 g/mol. The second-order valence-corrected chi connectivity index (χ2v) is 6.30. The Morgan fingerprint density at radius 3 is 2.14 bits per heavy atom. The van der Waals surface area contributed by atoms with Gasteiger partial charge in [0.05, 0.1) is 6.42 Å². The number of carbonyl (C=O) groups is 2. The van der Waals surface area contributed by atoms with Gasteiger partial charge in [-0.1, -0.05) is 42.5 Å². The average Bonchev–Trinajstić information content (AvgIpc) is 2.74. The molecule has 0 aliphatic heterocycles. The molecule has 5 heteroatoms. The fourth-order valence-corrected chi connectivity index (χ4v) is 2.63. The van der Waals surface area contributed by atoms with Gasteiger partial charge in [-0.25, -0.2) is 0 Å². The third kappa shape index (κ3) is 5.45. The molecule has 0 aromatic heterocycles. The predicted octanol–water partition coefficient (Wildman–Crippen LogP) is 3.81. The first kappa shape index (κ1) is 19.2. The number of hydrogen-bond acceptors (Lipinski definition) is 3. The smallest absolute Gasteiger partial charge is 0.255 e. The number of benzene rings is 3. The molecule has 2 N–H and O–H groups in total. The number of likely N-dealkylation sites (N-methyl/N-ethyl adjacent to an activating group) is 1.